The number of aliphatic imine (C=N–C) groups is 3. The molecule has 12 rings (SSSR count). The predicted octanol–water partition coefficient (Wildman–Crippen LogP) is 17.6. The van der Waals surface area contributed by atoms with Gasteiger partial charge in [0.1, 0.15) is 19.6 Å². The van der Waals surface area contributed by atoms with Crippen LogP contribution in [0, 0.1) is 0 Å². The van der Waals surface area contributed by atoms with E-state index in [4.69, 9.17) is 14.2 Å². The molecule has 0 unspecified atom stereocenters. The molecule has 0 radical (unpaired) electrons. The van der Waals surface area contributed by atoms with E-state index < -0.39 is 122 Å². The number of piperidine rings is 2. The summed E-state index contributed by atoms with van der Waals surface area (Å²) in [4.78, 5) is 54.4. The van der Waals surface area contributed by atoms with Gasteiger partial charge in [0.15, 0.2) is 0 Å². The minimum atomic E-state index is -4.96. The summed E-state index contributed by atoms with van der Waals surface area (Å²) in [6.07, 6.45) is -21.4. The summed E-state index contributed by atoms with van der Waals surface area (Å²) >= 11 is 0. The Balaban J connectivity index is 0.000000185. The Kier molecular flexibility index (Phi) is 27.7. The molecule has 34 heteroatoms. The van der Waals surface area contributed by atoms with E-state index in [0.717, 1.165) is 16.7 Å². The molecule has 16 nitrogen and oxygen atoms in total. The van der Waals surface area contributed by atoms with E-state index in [-0.39, 0.29) is 118 Å². The molecule has 0 bridgehead atoms. The first-order chi connectivity index (χ1) is 54.9. The molecule has 1 aliphatic carbocycles. The Hall–Kier alpha value is -9.06. The van der Waals surface area contributed by atoms with Crippen LogP contribution in [0.4, 0.5) is 79.0 Å². The predicted molar refractivity (Wildman–Crippen MR) is 397 cm³/mol. The Morgan fingerprint density at radius 3 is 0.923 bits per heavy atom. The molecule has 5 heterocycles. The molecule has 6 aromatic carbocycles. The first kappa shape index (κ1) is 90.3. The van der Waals surface area contributed by atoms with Crippen molar-refractivity contribution in [1.82, 2.24) is 25.3 Å². The average Bonchev–Trinajstić information content (AvgIpc) is 1.75. The maximum Gasteiger partial charge on any atom is 0.416 e. The van der Waals surface area contributed by atoms with Crippen molar-refractivity contribution in [3.8, 4) is 0 Å². The van der Waals surface area contributed by atoms with Crippen LogP contribution >= 0.6 is 0 Å². The van der Waals surface area contributed by atoms with Crippen molar-refractivity contribution < 1.29 is 118 Å². The van der Waals surface area contributed by atoms with Gasteiger partial charge >= 0.3 is 37.1 Å². The van der Waals surface area contributed by atoms with Crippen molar-refractivity contribution in [3.05, 3.63) is 225 Å². The van der Waals surface area contributed by atoms with Crippen LogP contribution in [-0.2, 0) is 82.1 Å². The average molecular weight is 1670 g/mol. The lowest BCUT2D eigenvalue weighted by Crippen LogP contribution is -2.64. The van der Waals surface area contributed by atoms with E-state index in [0.29, 0.717) is 107 Å². The second-order valence-electron chi connectivity index (χ2n) is 30.4. The summed E-state index contributed by atoms with van der Waals surface area (Å²) < 4.78 is 259. The number of carbonyl (C=O) groups excluding carboxylic acids is 3. The minimum absolute atomic E-state index is 0.0224. The number of halogens is 18. The van der Waals surface area contributed by atoms with Gasteiger partial charge < -0.3 is 35.1 Å². The molecule has 6 aliphatic rings. The number of rotatable bonds is 24. The van der Waals surface area contributed by atoms with Gasteiger partial charge in [-0.2, -0.15) is 79.0 Å². The van der Waals surface area contributed by atoms with Gasteiger partial charge in [-0.15, -0.1) is 6.58 Å². The monoisotopic (exact) mass is 1670 g/mol. The zero-order valence-electron chi connectivity index (χ0n) is 63.8. The fourth-order valence-corrected chi connectivity index (χ4v) is 16.1. The molecular formula is C83H88F18N8O8. The number of amides is 3. The van der Waals surface area contributed by atoms with Gasteiger partial charge in [0.05, 0.1) is 118 Å². The molecule has 3 fully saturated rings. The molecule has 7 atom stereocenters. The molecule has 2 saturated heterocycles. The number of benzene rings is 6. The number of ether oxygens (including phenoxy) is 3. The third kappa shape index (κ3) is 21.0. The van der Waals surface area contributed by atoms with Gasteiger partial charge in [-0.25, -0.2) is 0 Å². The van der Waals surface area contributed by atoms with E-state index in [1.807, 2.05) is 91.0 Å². The lowest BCUT2D eigenvalue weighted by atomic mass is 9.63. The number of alkyl halides is 18. The van der Waals surface area contributed by atoms with Crippen molar-refractivity contribution in [2.24, 2.45) is 15.0 Å². The second kappa shape index (κ2) is 35.9. The maximum absolute atomic E-state index is 13.4. The lowest BCUT2D eigenvalue weighted by Gasteiger charge is -2.50. The Bertz CT molecular complexity index is 4210. The van der Waals surface area contributed by atoms with Gasteiger partial charge in [0, 0.05) is 31.7 Å². The fraction of sp³-hybridized carbons (Fsp3) is 0.470. The van der Waals surface area contributed by atoms with Crippen LogP contribution in [-0.4, -0.2) is 144 Å². The first-order valence-corrected chi connectivity index (χ1v) is 37.6. The van der Waals surface area contributed by atoms with Crippen molar-refractivity contribution in [2.75, 3.05) is 65.8 Å². The summed E-state index contributed by atoms with van der Waals surface area (Å²) in [6, 6.07) is 32.3. The summed E-state index contributed by atoms with van der Waals surface area (Å²) in [6.45, 7) is 8.44. The fourth-order valence-electron chi connectivity index (χ4n) is 16.1. The second-order valence-corrected chi connectivity index (χ2v) is 30.4. The molecule has 0 spiro atoms. The lowest BCUT2D eigenvalue weighted by molar-refractivity contribution is -0.145. The molecule has 1 saturated carbocycles. The van der Waals surface area contributed by atoms with Crippen LogP contribution in [0.1, 0.15) is 176 Å². The largest absolute Gasteiger partial charge is 0.416 e. The molecule has 117 heavy (non-hydrogen) atoms. The third-order valence-electron chi connectivity index (χ3n) is 23.0. The molecular weight excluding hydrogens is 1580 g/mol. The Labute approximate surface area is 663 Å². The summed E-state index contributed by atoms with van der Waals surface area (Å²) in [5.74, 6) is -0.460. The summed E-state index contributed by atoms with van der Waals surface area (Å²) in [5, 5.41) is 26.4. The van der Waals surface area contributed by atoms with E-state index in [1.54, 1.807) is 17.3 Å². The SMILES string of the molecule is C=CCC1(N2C=NCC2=O)CCC(CO[C@H](C)c2cc(C(F)(F)F)cc(C(F)(F)F)c2)(c2ccccc2)CC1.C[C@@H](OC[C@@]1(c2ccccc2)CC[C@](CCO)(N2C=NCC2=O)CN1)c1cc(C(F)(F)F)cc(C(F)(F)F)c1.C[C@@H](OC[C@@]1(c2ccccc2)CC[C@](CCO)(N2C=NCC2=O)CN1)c1cc(C(F)(F)F)cc(C(F)(F)F)c1. The van der Waals surface area contributed by atoms with E-state index in [2.05, 4.69) is 32.2 Å². The van der Waals surface area contributed by atoms with Crippen molar-refractivity contribution >= 4 is 36.7 Å². The smallest absolute Gasteiger partial charge is 0.396 e. The molecule has 0 aromatic heterocycles. The molecule has 634 valence electrons. The highest BCUT2D eigenvalue weighted by Gasteiger charge is 2.53. The number of hydrogen-bond donors (Lipinski definition) is 4. The third-order valence-corrected chi connectivity index (χ3v) is 23.0. The van der Waals surface area contributed by atoms with E-state index in [9.17, 15) is 104 Å². The Morgan fingerprint density at radius 2 is 0.675 bits per heavy atom. The number of hydrogen-bond acceptors (Lipinski definition) is 13. The molecule has 5 aliphatic heterocycles. The van der Waals surface area contributed by atoms with Gasteiger partial charge in [-0.05, 0) is 179 Å². The van der Waals surface area contributed by atoms with E-state index >= 15 is 0 Å². The molecule has 3 amide bonds. The van der Waals surface area contributed by atoms with Crippen molar-refractivity contribution in [1.29, 1.82) is 0 Å². The normalized spacial score (nSPS) is 24.8. The maximum atomic E-state index is 13.4. The number of carbonyl (C=O) groups is 3. The first-order valence-electron chi connectivity index (χ1n) is 37.6. The van der Waals surface area contributed by atoms with Crippen LogP contribution in [0.5, 0.6) is 0 Å². The molecule has 6 aromatic rings. The zero-order chi connectivity index (χ0) is 85.4. The van der Waals surface area contributed by atoms with Crippen LogP contribution < -0.4 is 10.6 Å². The van der Waals surface area contributed by atoms with Crippen molar-refractivity contribution in [3.63, 3.8) is 0 Å². The number of aliphatic hydroxyl groups excluding tert-OH is 2. The zero-order valence-corrected chi connectivity index (χ0v) is 63.8. The number of aliphatic hydroxyl groups is 2. The minimum Gasteiger partial charge on any atom is -0.396 e. The highest BCUT2D eigenvalue weighted by molar-refractivity contribution is 5.96. The summed E-state index contributed by atoms with van der Waals surface area (Å²) in [5.41, 5.74) is -10.6. The van der Waals surface area contributed by atoms with E-state index in [1.165, 1.54) is 43.2 Å². The Morgan fingerprint density at radius 1 is 0.402 bits per heavy atom. The quantitative estimate of drug-likeness (QED) is 0.0335. The topological polar surface area (TPSA) is 190 Å². The number of nitrogens with zero attached hydrogens (tertiary/aromatic N) is 6. The molecule has 4 N–H and O–H groups in total. The van der Waals surface area contributed by atoms with Gasteiger partial charge in [-0.1, -0.05) is 97.1 Å². The highest BCUT2D eigenvalue weighted by atomic mass is 19.4. The highest BCUT2D eigenvalue weighted by Crippen LogP contribution is 2.50. The number of nitrogens with one attached hydrogen (secondary N) is 2. The van der Waals surface area contributed by atoms with Crippen LogP contribution in [0.3, 0.4) is 0 Å². The standard InChI is InChI=1S/C29H30F6N2O2.2C27H29F6N3O3/c1-3-9-27(37-19-36-17-25(37)38)12-10-26(11-13-27,22-7-5-4-6-8-22)18-39-20(2)21-14-23(28(30,31)32)16-24(15-21)29(33,34)35;2*1-18(19-11-21(26(28,29)30)13-22(12-19)27(31,32)33)39-16-25(20-5-3-2-4-6-20)8-7-24(9-10-37,15-35-25)36-17-34-14-23(36)38/h3-8,14-16,19-20H,1,9-13,17-18H2,2H3;2*2-6,11-13,17-18,35,37H,7-10,14-16H2,1H3/t20-,26?,27?;2*18-,24-,25-/m111/s1. The summed E-state index contributed by atoms with van der Waals surface area (Å²) in [7, 11) is 0. The van der Waals surface area contributed by atoms with Gasteiger partial charge in [0.2, 0.25) is 17.7 Å². The van der Waals surface area contributed by atoms with Crippen LogP contribution in [0.15, 0.2) is 173 Å². The van der Waals surface area contributed by atoms with Crippen molar-refractivity contribution in [2.45, 2.75) is 180 Å². The van der Waals surface area contributed by atoms with Gasteiger partial charge in [0.25, 0.3) is 0 Å². The van der Waals surface area contributed by atoms with Crippen LogP contribution in [0.25, 0.3) is 0 Å². The van der Waals surface area contributed by atoms with Crippen LogP contribution in [0.2, 0.25) is 0 Å². The van der Waals surface area contributed by atoms with Gasteiger partial charge in [-0.3, -0.25) is 44.1 Å².